The molecule has 0 amide bonds. The molecule has 0 aliphatic heterocycles. The minimum atomic E-state index is 0.630. The van der Waals surface area contributed by atoms with Gasteiger partial charge in [0.25, 0.3) is 0 Å². The molecule has 3 rings (SSSR count). The first-order valence-electron chi connectivity index (χ1n) is 10.6. The summed E-state index contributed by atoms with van der Waals surface area (Å²) < 4.78 is 0. The molecule has 0 spiro atoms. The first-order valence-corrected chi connectivity index (χ1v) is 10.6. The summed E-state index contributed by atoms with van der Waals surface area (Å²) in [5.74, 6) is 0.630. The predicted octanol–water partition coefficient (Wildman–Crippen LogP) is 7.89. The fourth-order valence-electron chi connectivity index (χ4n) is 4.50. The monoisotopic (exact) mass is 334 g/mol. The van der Waals surface area contributed by atoms with Gasteiger partial charge >= 0.3 is 0 Å². The van der Waals surface area contributed by atoms with Gasteiger partial charge in [0, 0.05) is 5.92 Å². The second-order valence-corrected chi connectivity index (χ2v) is 7.68. The maximum atomic E-state index is 2.40. The van der Waals surface area contributed by atoms with E-state index in [2.05, 4.69) is 56.3 Å². The zero-order chi connectivity index (χ0) is 17.5. The number of fused-ring (bicyclic) bond motifs is 3. The van der Waals surface area contributed by atoms with Crippen LogP contribution in [0.1, 0.15) is 94.2 Å². The average molecular weight is 335 g/mol. The van der Waals surface area contributed by atoms with Crippen LogP contribution in [0.15, 0.2) is 42.5 Å². The largest absolute Gasteiger partial charge is 0.0654 e. The third-order valence-corrected chi connectivity index (χ3v) is 5.82. The predicted molar refractivity (Wildman–Crippen MR) is 110 cm³/mol. The quantitative estimate of drug-likeness (QED) is 0.387. The number of hydrogen-bond acceptors (Lipinski definition) is 0. The number of unbranched alkanes of at least 4 members (excludes halogenated alkanes) is 6. The molecule has 1 aliphatic rings. The van der Waals surface area contributed by atoms with Gasteiger partial charge < -0.3 is 0 Å². The van der Waals surface area contributed by atoms with Crippen LogP contribution in [0.4, 0.5) is 0 Å². The lowest BCUT2D eigenvalue weighted by molar-refractivity contribution is 0.597. The fraction of sp³-hybridized carbons (Fsp3) is 0.520. The van der Waals surface area contributed by atoms with E-state index in [9.17, 15) is 0 Å². The molecule has 0 heterocycles. The molecule has 0 aromatic heterocycles. The van der Waals surface area contributed by atoms with E-state index in [1.165, 1.54) is 75.3 Å². The second-order valence-electron chi connectivity index (χ2n) is 7.68. The highest BCUT2D eigenvalue weighted by atomic mass is 14.3. The third-order valence-electron chi connectivity index (χ3n) is 5.82. The van der Waals surface area contributed by atoms with Crippen LogP contribution >= 0.6 is 0 Å². The number of hydrogen-bond donors (Lipinski definition) is 0. The smallest absolute Gasteiger partial charge is 0.0104 e. The maximum Gasteiger partial charge on any atom is 0.0104 e. The van der Waals surface area contributed by atoms with Crippen molar-refractivity contribution in [3.8, 4) is 11.1 Å². The Morgan fingerprint density at radius 2 is 1.40 bits per heavy atom. The molecule has 1 aliphatic carbocycles. The summed E-state index contributed by atoms with van der Waals surface area (Å²) >= 11 is 0. The molecule has 0 radical (unpaired) electrons. The summed E-state index contributed by atoms with van der Waals surface area (Å²) in [7, 11) is 0. The van der Waals surface area contributed by atoms with E-state index in [4.69, 9.17) is 0 Å². The van der Waals surface area contributed by atoms with Gasteiger partial charge in [-0.05, 0) is 47.1 Å². The summed E-state index contributed by atoms with van der Waals surface area (Å²) in [6.07, 6.45) is 13.4. The van der Waals surface area contributed by atoms with Crippen molar-refractivity contribution in [3.05, 3.63) is 59.2 Å². The fourth-order valence-corrected chi connectivity index (χ4v) is 4.50. The van der Waals surface area contributed by atoms with Gasteiger partial charge in [0.1, 0.15) is 0 Å². The lowest BCUT2D eigenvalue weighted by atomic mass is 9.87. The molecular formula is C25H34. The van der Waals surface area contributed by atoms with Crippen LogP contribution in [0.2, 0.25) is 0 Å². The highest BCUT2D eigenvalue weighted by Crippen LogP contribution is 2.48. The summed E-state index contributed by atoms with van der Waals surface area (Å²) in [6, 6.07) is 16.2. The SMILES string of the molecule is CCCCCCc1cccc2c1C(CCCCCC)c1ccccc1-2. The molecule has 0 heteroatoms. The Morgan fingerprint density at radius 3 is 2.20 bits per heavy atom. The topological polar surface area (TPSA) is 0 Å². The zero-order valence-corrected chi connectivity index (χ0v) is 16.2. The normalized spacial score (nSPS) is 15.2. The van der Waals surface area contributed by atoms with E-state index in [1.54, 1.807) is 16.7 Å². The number of rotatable bonds is 10. The van der Waals surface area contributed by atoms with Gasteiger partial charge in [-0.1, -0.05) is 101 Å². The van der Waals surface area contributed by atoms with Gasteiger partial charge in [0.15, 0.2) is 0 Å². The number of aryl methyl sites for hydroxylation is 1. The Balaban J connectivity index is 1.84. The Hall–Kier alpha value is -1.56. The molecule has 0 N–H and O–H groups in total. The minimum absolute atomic E-state index is 0.630. The molecular weight excluding hydrogens is 300 g/mol. The van der Waals surface area contributed by atoms with E-state index >= 15 is 0 Å². The van der Waals surface area contributed by atoms with Crippen LogP contribution < -0.4 is 0 Å². The van der Waals surface area contributed by atoms with Crippen LogP contribution in [0, 0.1) is 0 Å². The molecule has 1 atom stereocenters. The van der Waals surface area contributed by atoms with Crippen molar-refractivity contribution in [1.29, 1.82) is 0 Å². The lowest BCUT2D eigenvalue weighted by Gasteiger charge is -2.17. The van der Waals surface area contributed by atoms with Crippen molar-refractivity contribution in [2.75, 3.05) is 0 Å². The van der Waals surface area contributed by atoms with Crippen LogP contribution in [0.5, 0.6) is 0 Å². The van der Waals surface area contributed by atoms with Crippen molar-refractivity contribution in [3.63, 3.8) is 0 Å². The average Bonchev–Trinajstić information content (AvgIpc) is 2.97. The molecule has 0 fully saturated rings. The van der Waals surface area contributed by atoms with E-state index in [0.717, 1.165) is 0 Å². The molecule has 2 aromatic carbocycles. The highest BCUT2D eigenvalue weighted by Gasteiger charge is 2.29. The van der Waals surface area contributed by atoms with Gasteiger partial charge in [-0.15, -0.1) is 0 Å². The van der Waals surface area contributed by atoms with E-state index in [1.807, 2.05) is 0 Å². The highest BCUT2D eigenvalue weighted by molar-refractivity contribution is 5.80. The molecule has 1 unspecified atom stereocenters. The van der Waals surface area contributed by atoms with Crippen LogP contribution in [-0.2, 0) is 6.42 Å². The Kier molecular flexibility index (Phi) is 6.73. The molecule has 0 nitrogen and oxygen atoms in total. The molecule has 0 bridgehead atoms. The molecule has 0 saturated heterocycles. The van der Waals surface area contributed by atoms with Gasteiger partial charge in [-0.2, -0.15) is 0 Å². The number of benzene rings is 2. The van der Waals surface area contributed by atoms with E-state index in [0.29, 0.717) is 5.92 Å². The van der Waals surface area contributed by atoms with Gasteiger partial charge in [-0.25, -0.2) is 0 Å². The Bertz CT molecular complexity index is 667. The minimum Gasteiger partial charge on any atom is -0.0654 e. The molecule has 2 aromatic rings. The van der Waals surface area contributed by atoms with Gasteiger partial charge in [-0.3, -0.25) is 0 Å². The van der Waals surface area contributed by atoms with Gasteiger partial charge in [0.2, 0.25) is 0 Å². The summed E-state index contributed by atoms with van der Waals surface area (Å²) in [5, 5.41) is 0. The first-order chi connectivity index (χ1) is 12.4. The zero-order valence-electron chi connectivity index (χ0n) is 16.2. The third kappa shape index (κ3) is 4.17. The Labute approximate surface area is 154 Å². The van der Waals surface area contributed by atoms with Crippen LogP contribution in [0.25, 0.3) is 11.1 Å². The van der Waals surface area contributed by atoms with Gasteiger partial charge in [0.05, 0.1) is 0 Å². The van der Waals surface area contributed by atoms with Crippen molar-refractivity contribution < 1.29 is 0 Å². The Morgan fingerprint density at radius 1 is 0.680 bits per heavy atom. The van der Waals surface area contributed by atoms with Crippen LogP contribution in [0.3, 0.4) is 0 Å². The lowest BCUT2D eigenvalue weighted by Crippen LogP contribution is -2.02. The molecule has 0 saturated carbocycles. The maximum absolute atomic E-state index is 2.40. The summed E-state index contributed by atoms with van der Waals surface area (Å²) in [5.41, 5.74) is 7.87. The first kappa shape index (κ1) is 18.2. The van der Waals surface area contributed by atoms with E-state index in [-0.39, 0.29) is 0 Å². The van der Waals surface area contributed by atoms with Crippen molar-refractivity contribution in [1.82, 2.24) is 0 Å². The molecule has 134 valence electrons. The van der Waals surface area contributed by atoms with Crippen molar-refractivity contribution >= 4 is 0 Å². The molecule has 25 heavy (non-hydrogen) atoms. The van der Waals surface area contributed by atoms with E-state index < -0.39 is 0 Å². The summed E-state index contributed by atoms with van der Waals surface area (Å²) in [4.78, 5) is 0. The standard InChI is InChI=1S/C25H34/c1-3-5-7-9-14-20-15-13-19-24-22-17-12-11-16-21(22)23(25(20)24)18-10-8-6-4-2/h11-13,15-17,19,23H,3-10,14,18H2,1-2H3. The second kappa shape index (κ2) is 9.22. The van der Waals surface area contributed by atoms with Crippen LogP contribution in [-0.4, -0.2) is 0 Å². The van der Waals surface area contributed by atoms with Crippen molar-refractivity contribution in [2.45, 2.75) is 84.0 Å². The summed E-state index contributed by atoms with van der Waals surface area (Å²) in [6.45, 7) is 4.60. The van der Waals surface area contributed by atoms with Crippen molar-refractivity contribution in [2.24, 2.45) is 0 Å².